The van der Waals surface area contributed by atoms with Crippen LogP contribution in [-0.2, 0) is 4.79 Å². The number of aromatic nitrogens is 2. The highest BCUT2D eigenvalue weighted by atomic mass is 16.2. The maximum atomic E-state index is 13.6. The predicted octanol–water partition coefficient (Wildman–Crippen LogP) is 5.10. The number of rotatable bonds is 5. The standard InChI is InChI=1S/C26H31N3O2/c1-5-23(28(4)25(30)19-10-6-7-11-19)24-27-22-13-9-8-12-21(22)26(31)29(24)20-15-14-17(2)18(3)16-20/h8-9,12-16,19,23H,5-7,10-11H2,1-4H3. The molecular formula is C26H31N3O2. The fourth-order valence-corrected chi connectivity index (χ4v) is 4.73. The summed E-state index contributed by atoms with van der Waals surface area (Å²) in [6.07, 6.45) is 4.82. The van der Waals surface area contributed by atoms with E-state index in [1.165, 1.54) is 5.56 Å². The fourth-order valence-electron chi connectivity index (χ4n) is 4.73. The molecule has 0 spiro atoms. The lowest BCUT2D eigenvalue weighted by Crippen LogP contribution is -2.38. The number of aryl methyl sites for hydroxylation is 2. The van der Waals surface area contributed by atoms with E-state index in [9.17, 15) is 9.59 Å². The highest BCUT2D eigenvalue weighted by molar-refractivity contribution is 5.80. The van der Waals surface area contributed by atoms with Gasteiger partial charge in [-0.05, 0) is 68.5 Å². The molecule has 1 unspecified atom stereocenters. The van der Waals surface area contributed by atoms with Crippen LogP contribution in [0.5, 0.6) is 0 Å². The molecule has 0 bridgehead atoms. The first-order chi connectivity index (χ1) is 14.9. The van der Waals surface area contributed by atoms with Gasteiger partial charge in [-0.1, -0.05) is 38.0 Å². The Kier molecular flexibility index (Phi) is 5.94. The summed E-state index contributed by atoms with van der Waals surface area (Å²) in [4.78, 5) is 33.6. The van der Waals surface area contributed by atoms with Crippen molar-refractivity contribution in [2.24, 2.45) is 5.92 Å². The van der Waals surface area contributed by atoms with E-state index in [1.807, 2.05) is 61.3 Å². The van der Waals surface area contributed by atoms with Crippen LogP contribution in [-0.4, -0.2) is 27.4 Å². The number of hydrogen-bond donors (Lipinski definition) is 0. The van der Waals surface area contributed by atoms with Gasteiger partial charge in [-0.2, -0.15) is 0 Å². The Morgan fingerprint density at radius 3 is 2.52 bits per heavy atom. The number of para-hydroxylation sites is 1. The maximum Gasteiger partial charge on any atom is 0.266 e. The lowest BCUT2D eigenvalue weighted by molar-refractivity contribution is -0.136. The van der Waals surface area contributed by atoms with Gasteiger partial charge in [0, 0.05) is 13.0 Å². The molecule has 0 N–H and O–H groups in total. The largest absolute Gasteiger partial charge is 0.335 e. The van der Waals surface area contributed by atoms with Crippen LogP contribution in [0, 0.1) is 19.8 Å². The monoisotopic (exact) mass is 417 g/mol. The van der Waals surface area contributed by atoms with Crippen molar-refractivity contribution >= 4 is 16.8 Å². The summed E-state index contributed by atoms with van der Waals surface area (Å²) in [5.74, 6) is 0.878. The van der Waals surface area contributed by atoms with Gasteiger partial charge >= 0.3 is 0 Å². The lowest BCUT2D eigenvalue weighted by atomic mass is 10.0. The summed E-state index contributed by atoms with van der Waals surface area (Å²) in [5.41, 5.74) is 3.66. The molecule has 1 aliphatic carbocycles. The minimum Gasteiger partial charge on any atom is -0.335 e. The summed E-state index contributed by atoms with van der Waals surface area (Å²) < 4.78 is 1.71. The molecule has 1 heterocycles. The summed E-state index contributed by atoms with van der Waals surface area (Å²) >= 11 is 0. The zero-order chi connectivity index (χ0) is 22.1. The van der Waals surface area contributed by atoms with E-state index >= 15 is 0 Å². The summed E-state index contributed by atoms with van der Waals surface area (Å²) in [7, 11) is 1.86. The topological polar surface area (TPSA) is 55.2 Å². The normalized spacial score (nSPS) is 15.4. The van der Waals surface area contributed by atoms with Crippen molar-refractivity contribution in [1.82, 2.24) is 14.5 Å². The minimum absolute atomic E-state index is 0.0845. The molecule has 1 fully saturated rings. The second kappa shape index (κ2) is 8.66. The van der Waals surface area contributed by atoms with Gasteiger partial charge in [0.25, 0.3) is 5.56 Å². The molecule has 0 aliphatic heterocycles. The van der Waals surface area contributed by atoms with Gasteiger partial charge in [-0.3, -0.25) is 14.2 Å². The highest BCUT2D eigenvalue weighted by Crippen LogP contribution is 2.31. The van der Waals surface area contributed by atoms with Crippen molar-refractivity contribution < 1.29 is 4.79 Å². The third kappa shape index (κ3) is 3.89. The van der Waals surface area contributed by atoms with Crippen LogP contribution in [0.2, 0.25) is 0 Å². The number of nitrogens with zero attached hydrogens (tertiary/aromatic N) is 3. The summed E-state index contributed by atoms with van der Waals surface area (Å²) in [6, 6.07) is 13.2. The Morgan fingerprint density at radius 2 is 1.84 bits per heavy atom. The van der Waals surface area contributed by atoms with E-state index in [0.29, 0.717) is 23.1 Å². The number of hydrogen-bond acceptors (Lipinski definition) is 3. The van der Waals surface area contributed by atoms with Crippen molar-refractivity contribution in [2.75, 3.05) is 7.05 Å². The Hall–Kier alpha value is -2.95. The molecule has 5 nitrogen and oxygen atoms in total. The third-order valence-electron chi connectivity index (χ3n) is 6.75. The Balaban J connectivity index is 1.91. The molecule has 1 atom stereocenters. The van der Waals surface area contributed by atoms with Crippen LogP contribution in [0.1, 0.15) is 62.0 Å². The van der Waals surface area contributed by atoms with E-state index in [-0.39, 0.29) is 23.4 Å². The fraction of sp³-hybridized carbons (Fsp3) is 0.423. The maximum absolute atomic E-state index is 13.6. The highest BCUT2D eigenvalue weighted by Gasteiger charge is 2.31. The van der Waals surface area contributed by atoms with E-state index in [2.05, 4.69) is 13.8 Å². The van der Waals surface area contributed by atoms with Crippen LogP contribution in [0.25, 0.3) is 16.6 Å². The van der Waals surface area contributed by atoms with Crippen LogP contribution >= 0.6 is 0 Å². The first-order valence-electron chi connectivity index (χ1n) is 11.3. The molecule has 0 saturated heterocycles. The van der Waals surface area contributed by atoms with Crippen LogP contribution < -0.4 is 5.56 Å². The lowest BCUT2D eigenvalue weighted by Gasteiger charge is -2.31. The van der Waals surface area contributed by atoms with E-state index < -0.39 is 0 Å². The average molecular weight is 418 g/mol. The van der Waals surface area contributed by atoms with E-state index in [1.54, 1.807) is 4.57 Å². The van der Waals surface area contributed by atoms with Gasteiger partial charge in [-0.25, -0.2) is 4.98 Å². The van der Waals surface area contributed by atoms with Crippen molar-refractivity contribution in [2.45, 2.75) is 58.9 Å². The Labute approximate surface area is 183 Å². The summed E-state index contributed by atoms with van der Waals surface area (Å²) in [6.45, 7) is 6.16. The van der Waals surface area contributed by atoms with Crippen molar-refractivity contribution in [3.8, 4) is 5.69 Å². The Bertz CT molecular complexity index is 1170. The van der Waals surface area contributed by atoms with Crippen molar-refractivity contribution in [1.29, 1.82) is 0 Å². The summed E-state index contributed by atoms with van der Waals surface area (Å²) in [5, 5.41) is 0.587. The van der Waals surface area contributed by atoms with Gasteiger partial charge in [0.15, 0.2) is 0 Å². The smallest absolute Gasteiger partial charge is 0.266 e. The number of carbonyl (C=O) groups excluding carboxylic acids is 1. The second-order valence-corrected chi connectivity index (χ2v) is 8.75. The molecule has 2 aromatic carbocycles. The number of fused-ring (bicyclic) bond motifs is 1. The molecule has 1 amide bonds. The van der Waals surface area contributed by atoms with Gasteiger partial charge < -0.3 is 4.90 Å². The Morgan fingerprint density at radius 1 is 1.13 bits per heavy atom. The molecule has 3 aromatic rings. The molecule has 5 heteroatoms. The molecule has 1 aromatic heterocycles. The molecular weight excluding hydrogens is 386 g/mol. The average Bonchev–Trinajstić information content (AvgIpc) is 3.31. The van der Waals surface area contributed by atoms with Gasteiger partial charge in [0.2, 0.25) is 5.91 Å². The van der Waals surface area contributed by atoms with Crippen LogP contribution in [0.3, 0.4) is 0 Å². The third-order valence-corrected chi connectivity index (χ3v) is 6.75. The SMILES string of the molecule is CCC(c1nc2ccccc2c(=O)n1-c1ccc(C)c(C)c1)N(C)C(=O)C1CCCC1. The second-order valence-electron chi connectivity index (χ2n) is 8.75. The van der Waals surface area contributed by atoms with E-state index in [0.717, 1.165) is 36.9 Å². The number of benzene rings is 2. The molecule has 1 saturated carbocycles. The van der Waals surface area contributed by atoms with Crippen LogP contribution in [0.15, 0.2) is 47.3 Å². The van der Waals surface area contributed by atoms with Crippen LogP contribution in [0.4, 0.5) is 0 Å². The predicted molar refractivity (Wildman–Crippen MR) is 125 cm³/mol. The zero-order valence-electron chi connectivity index (χ0n) is 18.9. The molecule has 162 valence electrons. The van der Waals surface area contributed by atoms with Gasteiger partial charge in [0.1, 0.15) is 5.82 Å². The molecule has 1 aliphatic rings. The molecule has 31 heavy (non-hydrogen) atoms. The minimum atomic E-state index is -0.271. The quantitative estimate of drug-likeness (QED) is 0.580. The number of carbonyl (C=O) groups is 1. The van der Waals surface area contributed by atoms with Crippen molar-refractivity contribution in [3.05, 3.63) is 69.8 Å². The first-order valence-corrected chi connectivity index (χ1v) is 11.3. The van der Waals surface area contributed by atoms with Crippen molar-refractivity contribution in [3.63, 3.8) is 0 Å². The zero-order valence-corrected chi connectivity index (χ0v) is 18.9. The molecule has 4 rings (SSSR count). The number of amides is 1. The molecule has 0 radical (unpaired) electrons. The van der Waals surface area contributed by atoms with E-state index in [4.69, 9.17) is 4.98 Å². The van der Waals surface area contributed by atoms with Gasteiger partial charge in [-0.15, -0.1) is 0 Å². The van der Waals surface area contributed by atoms with Gasteiger partial charge in [0.05, 0.1) is 22.6 Å². The first kappa shape index (κ1) is 21.3.